The molecule has 0 atom stereocenters. The minimum Gasteiger partial charge on any atom is -0.481 e. The van der Waals surface area contributed by atoms with Crippen LogP contribution < -0.4 is 0 Å². The van der Waals surface area contributed by atoms with Gasteiger partial charge in [-0.2, -0.15) is 18.3 Å². The van der Waals surface area contributed by atoms with Gasteiger partial charge >= 0.3 is 12.1 Å². The molecule has 38 heavy (non-hydrogen) atoms. The summed E-state index contributed by atoms with van der Waals surface area (Å²) in [6, 6.07) is -0.706. The SMILES string of the molecule is CC(C)(C)CCN(CC(=O)c1c(Cl)cncc1Cl)C(=O)c1cnn(C2CCC(C(=O)O)CC2)c1C(F)(F)F. The van der Waals surface area contributed by atoms with Crippen LogP contribution in [0.15, 0.2) is 18.6 Å². The molecule has 0 radical (unpaired) electrons. The van der Waals surface area contributed by atoms with Crippen molar-refractivity contribution in [2.45, 2.75) is 65.1 Å². The Hall–Kier alpha value is -2.66. The standard InChI is InChI=1S/C25H29Cl2F3N4O4/c1-24(2,3)8-9-33(13-19(35)20-17(26)11-31-12-18(20)27)22(36)16-10-32-34(21(16)25(28,29)30)15-6-4-14(5-7-15)23(37)38/h10-12,14-15H,4-9,13H2,1-3H3,(H,37,38). The minimum absolute atomic E-state index is 0.000588. The molecule has 13 heteroatoms. The van der Waals surface area contributed by atoms with Crippen molar-refractivity contribution in [3.63, 3.8) is 0 Å². The van der Waals surface area contributed by atoms with Gasteiger partial charge in [0.05, 0.1) is 45.9 Å². The molecule has 1 N–H and O–H groups in total. The Kier molecular flexibility index (Phi) is 9.13. The van der Waals surface area contributed by atoms with Gasteiger partial charge in [-0.05, 0) is 37.5 Å². The molecule has 1 fully saturated rings. The number of halogens is 5. The van der Waals surface area contributed by atoms with E-state index in [-0.39, 0.29) is 53.3 Å². The van der Waals surface area contributed by atoms with Crippen molar-refractivity contribution in [2.75, 3.05) is 13.1 Å². The van der Waals surface area contributed by atoms with E-state index in [1.807, 2.05) is 20.8 Å². The number of aromatic nitrogens is 3. The van der Waals surface area contributed by atoms with E-state index in [9.17, 15) is 32.7 Å². The number of alkyl halides is 3. The predicted octanol–water partition coefficient (Wildman–Crippen LogP) is 6.18. The Balaban J connectivity index is 1.96. The number of carboxylic acid groups (broad SMARTS) is 1. The molecule has 2 aromatic rings. The molecule has 0 aliphatic heterocycles. The summed E-state index contributed by atoms with van der Waals surface area (Å²) in [6.07, 6.45) is -0.433. The molecule has 0 unspecified atom stereocenters. The van der Waals surface area contributed by atoms with Gasteiger partial charge in [0.1, 0.15) is 0 Å². The molecule has 1 aliphatic rings. The van der Waals surface area contributed by atoms with Gasteiger partial charge in [0, 0.05) is 18.9 Å². The van der Waals surface area contributed by atoms with Crippen LogP contribution in [0.25, 0.3) is 0 Å². The first-order valence-electron chi connectivity index (χ1n) is 12.1. The first kappa shape index (κ1) is 29.9. The van der Waals surface area contributed by atoms with E-state index >= 15 is 0 Å². The maximum Gasteiger partial charge on any atom is 0.433 e. The number of carboxylic acids is 1. The number of Topliss-reactive ketones (excluding diaryl/α,β-unsaturated/α-hetero) is 1. The van der Waals surface area contributed by atoms with E-state index < -0.39 is 53.6 Å². The summed E-state index contributed by atoms with van der Waals surface area (Å²) in [5.41, 5.74) is -2.24. The van der Waals surface area contributed by atoms with Crippen molar-refractivity contribution in [1.29, 1.82) is 0 Å². The zero-order valence-corrected chi connectivity index (χ0v) is 22.7. The second-order valence-electron chi connectivity index (χ2n) is 10.6. The van der Waals surface area contributed by atoms with Crippen molar-refractivity contribution in [1.82, 2.24) is 19.7 Å². The number of pyridine rings is 1. The Morgan fingerprint density at radius 3 is 2.13 bits per heavy atom. The summed E-state index contributed by atoms with van der Waals surface area (Å²) < 4.78 is 43.7. The monoisotopic (exact) mass is 576 g/mol. The van der Waals surface area contributed by atoms with Gasteiger partial charge in [-0.1, -0.05) is 44.0 Å². The number of rotatable bonds is 8. The van der Waals surface area contributed by atoms with Crippen LogP contribution in [-0.4, -0.2) is 55.5 Å². The molecule has 0 saturated heterocycles. The molecule has 0 bridgehead atoms. The van der Waals surface area contributed by atoms with Crippen LogP contribution >= 0.6 is 23.2 Å². The number of amides is 1. The van der Waals surface area contributed by atoms with E-state index in [0.29, 0.717) is 6.42 Å². The Morgan fingerprint density at radius 2 is 1.63 bits per heavy atom. The first-order chi connectivity index (χ1) is 17.6. The van der Waals surface area contributed by atoms with Gasteiger partial charge in [-0.15, -0.1) is 0 Å². The Bertz CT molecular complexity index is 1180. The van der Waals surface area contributed by atoms with Crippen LogP contribution in [0.5, 0.6) is 0 Å². The number of aliphatic carboxylic acids is 1. The van der Waals surface area contributed by atoms with Gasteiger partial charge < -0.3 is 10.0 Å². The fourth-order valence-electron chi connectivity index (χ4n) is 4.47. The third-order valence-electron chi connectivity index (χ3n) is 6.57. The van der Waals surface area contributed by atoms with Crippen molar-refractivity contribution >= 4 is 40.9 Å². The first-order valence-corrected chi connectivity index (χ1v) is 12.8. The molecular formula is C25H29Cl2F3N4O4. The maximum atomic E-state index is 14.3. The van der Waals surface area contributed by atoms with E-state index in [1.165, 1.54) is 12.4 Å². The number of hydrogen-bond acceptors (Lipinski definition) is 5. The molecule has 0 spiro atoms. The fraction of sp³-hybridized carbons (Fsp3) is 0.560. The zero-order valence-electron chi connectivity index (χ0n) is 21.2. The molecule has 2 heterocycles. The molecule has 8 nitrogen and oxygen atoms in total. The lowest BCUT2D eigenvalue weighted by molar-refractivity contribution is -0.147. The van der Waals surface area contributed by atoms with Crippen molar-refractivity contribution in [3.05, 3.63) is 45.5 Å². The van der Waals surface area contributed by atoms with Crippen LogP contribution in [-0.2, 0) is 11.0 Å². The quantitative estimate of drug-likeness (QED) is 0.376. The number of hydrogen-bond donors (Lipinski definition) is 1. The van der Waals surface area contributed by atoms with E-state index in [0.717, 1.165) is 15.8 Å². The highest BCUT2D eigenvalue weighted by molar-refractivity contribution is 6.39. The molecule has 1 amide bonds. The normalized spacial score (nSPS) is 18.3. The zero-order chi connectivity index (χ0) is 28.4. The number of carbonyl (C=O) groups is 3. The number of ketones is 1. The summed E-state index contributed by atoms with van der Waals surface area (Å²) in [7, 11) is 0. The van der Waals surface area contributed by atoms with Gasteiger partial charge in [-0.3, -0.25) is 24.0 Å². The van der Waals surface area contributed by atoms with E-state index in [2.05, 4.69) is 10.1 Å². The fourth-order valence-corrected chi connectivity index (χ4v) is 5.04. The molecular weight excluding hydrogens is 548 g/mol. The van der Waals surface area contributed by atoms with Crippen molar-refractivity contribution in [3.8, 4) is 0 Å². The van der Waals surface area contributed by atoms with Gasteiger partial charge in [0.25, 0.3) is 5.91 Å². The van der Waals surface area contributed by atoms with E-state index in [1.54, 1.807) is 0 Å². The molecule has 208 valence electrons. The average molecular weight is 577 g/mol. The summed E-state index contributed by atoms with van der Waals surface area (Å²) in [5, 5.41) is 13.1. The largest absolute Gasteiger partial charge is 0.481 e. The minimum atomic E-state index is -4.91. The molecule has 0 aromatic carbocycles. The lowest BCUT2D eigenvalue weighted by atomic mass is 9.86. The second kappa shape index (κ2) is 11.6. The summed E-state index contributed by atoms with van der Waals surface area (Å²) in [4.78, 5) is 42.8. The highest BCUT2D eigenvalue weighted by atomic mass is 35.5. The van der Waals surface area contributed by atoms with Crippen molar-refractivity contribution < 1.29 is 32.7 Å². The number of nitrogens with zero attached hydrogens (tertiary/aromatic N) is 4. The summed E-state index contributed by atoms with van der Waals surface area (Å²) in [6.45, 7) is 5.16. The van der Waals surface area contributed by atoms with Gasteiger partial charge in [0.15, 0.2) is 11.5 Å². The smallest absolute Gasteiger partial charge is 0.433 e. The molecule has 2 aromatic heterocycles. The van der Waals surface area contributed by atoms with Crippen LogP contribution in [0.4, 0.5) is 13.2 Å². The molecule has 1 saturated carbocycles. The lowest BCUT2D eigenvalue weighted by Crippen LogP contribution is -2.39. The highest BCUT2D eigenvalue weighted by Gasteiger charge is 2.43. The van der Waals surface area contributed by atoms with Crippen LogP contribution in [0, 0.1) is 11.3 Å². The van der Waals surface area contributed by atoms with Crippen LogP contribution in [0.3, 0.4) is 0 Å². The third-order valence-corrected chi connectivity index (χ3v) is 7.14. The average Bonchev–Trinajstić information content (AvgIpc) is 3.26. The highest BCUT2D eigenvalue weighted by Crippen LogP contribution is 2.39. The number of carbonyl (C=O) groups excluding carboxylic acids is 2. The topological polar surface area (TPSA) is 105 Å². The summed E-state index contributed by atoms with van der Waals surface area (Å²) in [5.74, 6) is -3.24. The predicted molar refractivity (Wildman–Crippen MR) is 134 cm³/mol. The van der Waals surface area contributed by atoms with Gasteiger partial charge in [-0.25, -0.2) is 0 Å². The van der Waals surface area contributed by atoms with Crippen molar-refractivity contribution in [2.24, 2.45) is 11.3 Å². The lowest BCUT2D eigenvalue weighted by Gasteiger charge is -2.29. The second-order valence-corrected chi connectivity index (χ2v) is 11.4. The maximum absolute atomic E-state index is 14.3. The van der Waals surface area contributed by atoms with Crippen LogP contribution in [0.1, 0.15) is 85.3 Å². The van der Waals surface area contributed by atoms with Crippen LogP contribution in [0.2, 0.25) is 10.0 Å². The summed E-state index contributed by atoms with van der Waals surface area (Å²) >= 11 is 12.2. The molecule has 3 rings (SSSR count). The third kappa shape index (κ3) is 7.05. The Morgan fingerprint density at radius 1 is 1.05 bits per heavy atom. The van der Waals surface area contributed by atoms with Gasteiger partial charge in [0.2, 0.25) is 0 Å². The molecule has 1 aliphatic carbocycles. The van der Waals surface area contributed by atoms with E-state index in [4.69, 9.17) is 23.2 Å². The Labute approximate surface area is 228 Å².